The molecule has 4 nitrogen and oxygen atoms in total. The zero-order valence-corrected chi connectivity index (χ0v) is 12.5. The maximum Gasteiger partial charge on any atom is 0.315 e. The number of urea groups is 1. The lowest BCUT2D eigenvalue weighted by Crippen LogP contribution is -2.45. The summed E-state index contributed by atoms with van der Waals surface area (Å²) in [7, 11) is 0. The van der Waals surface area contributed by atoms with Gasteiger partial charge in [-0.1, -0.05) is 30.3 Å². The molecule has 0 heterocycles. The molecule has 0 aliphatic heterocycles. The molecule has 2 amide bonds. The van der Waals surface area contributed by atoms with Gasteiger partial charge in [0, 0.05) is 18.6 Å². The summed E-state index contributed by atoms with van der Waals surface area (Å²) < 4.78 is 0. The van der Waals surface area contributed by atoms with Gasteiger partial charge in [0.05, 0.1) is 0 Å². The molecule has 0 atom stereocenters. The lowest BCUT2D eigenvalue weighted by Gasteiger charge is -2.26. The summed E-state index contributed by atoms with van der Waals surface area (Å²) in [5, 5.41) is 5.93. The summed E-state index contributed by atoms with van der Waals surface area (Å²) in [6, 6.07) is 10.7. The standard InChI is InChI=1S/C15H23N3O.ClH/c16-13-6-8-14(9-7-13)18-15(19)17-11-10-12-4-2-1-3-5-12;/h1-5,13-14H,6-11,16H2,(H2,17,18,19);1H. The Balaban J connectivity index is 0.00000200. The minimum Gasteiger partial charge on any atom is -0.338 e. The van der Waals surface area contributed by atoms with Crippen molar-refractivity contribution >= 4 is 18.4 Å². The SMILES string of the molecule is Cl.NC1CCC(NC(=O)NCCc2ccccc2)CC1. The van der Waals surface area contributed by atoms with Gasteiger partial charge in [0.15, 0.2) is 0 Å². The third kappa shape index (κ3) is 5.80. The van der Waals surface area contributed by atoms with E-state index in [9.17, 15) is 4.79 Å². The van der Waals surface area contributed by atoms with Crippen molar-refractivity contribution in [1.29, 1.82) is 0 Å². The van der Waals surface area contributed by atoms with Crippen LogP contribution in [0.3, 0.4) is 0 Å². The third-order valence-electron chi connectivity index (χ3n) is 3.65. The Bertz CT molecular complexity index is 391. The molecule has 0 radical (unpaired) electrons. The first-order chi connectivity index (χ1) is 9.24. The fourth-order valence-electron chi connectivity index (χ4n) is 2.47. The Morgan fingerprint density at radius 1 is 1.15 bits per heavy atom. The number of nitrogens with one attached hydrogen (secondary N) is 2. The Hall–Kier alpha value is -1.26. The molecule has 0 saturated heterocycles. The maximum atomic E-state index is 11.7. The average molecular weight is 298 g/mol. The van der Waals surface area contributed by atoms with Gasteiger partial charge >= 0.3 is 6.03 Å². The Morgan fingerprint density at radius 2 is 1.80 bits per heavy atom. The van der Waals surface area contributed by atoms with E-state index in [1.165, 1.54) is 5.56 Å². The molecule has 1 aromatic rings. The number of hydrogen-bond donors (Lipinski definition) is 3. The van der Waals surface area contributed by atoms with Gasteiger partial charge in [-0.15, -0.1) is 12.4 Å². The number of benzene rings is 1. The first kappa shape index (κ1) is 16.8. The van der Waals surface area contributed by atoms with E-state index in [0.29, 0.717) is 12.6 Å². The molecule has 2 rings (SSSR count). The highest BCUT2D eigenvalue weighted by Crippen LogP contribution is 2.16. The van der Waals surface area contributed by atoms with Crippen LogP contribution in [0.4, 0.5) is 4.79 Å². The molecular weight excluding hydrogens is 274 g/mol. The van der Waals surface area contributed by atoms with E-state index in [-0.39, 0.29) is 24.5 Å². The summed E-state index contributed by atoms with van der Waals surface area (Å²) in [5.74, 6) is 0. The first-order valence-corrected chi connectivity index (χ1v) is 7.08. The fraction of sp³-hybridized carbons (Fsp3) is 0.533. The second-order valence-electron chi connectivity index (χ2n) is 5.25. The van der Waals surface area contributed by atoms with Crippen molar-refractivity contribution in [3.8, 4) is 0 Å². The summed E-state index contributed by atoms with van der Waals surface area (Å²) in [4.78, 5) is 11.7. The van der Waals surface area contributed by atoms with E-state index in [4.69, 9.17) is 5.73 Å². The average Bonchev–Trinajstić information content (AvgIpc) is 2.43. The van der Waals surface area contributed by atoms with Crippen molar-refractivity contribution in [3.63, 3.8) is 0 Å². The zero-order valence-electron chi connectivity index (χ0n) is 11.7. The number of nitrogens with two attached hydrogens (primary N) is 1. The maximum absolute atomic E-state index is 11.7. The Kier molecular flexibility index (Phi) is 7.41. The Morgan fingerprint density at radius 3 is 2.45 bits per heavy atom. The predicted octanol–water partition coefficient (Wildman–Crippen LogP) is 2.22. The van der Waals surface area contributed by atoms with E-state index < -0.39 is 0 Å². The van der Waals surface area contributed by atoms with Crippen LogP contribution in [0.1, 0.15) is 31.2 Å². The van der Waals surface area contributed by atoms with E-state index >= 15 is 0 Å². The van der Waals surface area contributed by atoms with Gasteiger partial charge in [-0.2, -0.15) is 0 Å². The second-order valence-corrected chi connectivity index (χ2v) is 5.25. The quantitative estimate of drug-likeness (QED) is 0.798. The normalized spacial score (nSPS) is 21.6. The van der Waals surface area contributed by atoms with Crippen molar-refractivity contribution in [3.05, 3.63) is 35.9 Å². The largest absolute Gasteiger partial charge is 0.338 e. The van der Waals surface area contributed by atoms with Gasteiger partial charge in [0.25, 0.3) is 0 Å². The molecule has 1 aliphatic carbocycles. The molecule has 1 fully saturated rings. The summed E-state index contributed by atoms with van der Waals surface area (Å²) >= 11 is 0. The second kappa shape index (κ2) is 8.82. The molecule has 0 spiro atoms. The number of rotatable bonds is 4. The minimum atomic E-state index is -0.0589. The fourth-order valence-corrected chi connectivity index (χ4v) is 2.47. The van der Waals surface area contributed by atoms with E-state index in [2.05, 4.69) is 22.8 Å². The van der Waals surface area contributed by atoms with Crippen LogP contribution in [0, 0.1) is 0 Å². The van der Waals surface area contributed by atoms with Crippen molar-refractivity contribution in [2.45, 2.75) is 44.2 Å². The third-order valence-corrected chi connectivity index (χ3v) is 3.65. The molecule has 1 aliphatic rings. The highest BCUT2D eigenvalue weighted by Gasteiger charge is 2.19. The van der Waals surface area contributed by atoms with Crippen LogP contribution in [0.2, 0.25) is 0 Å². The van der Waals surface area contributed by atoms with Crippen molar-refractivity contribution < 1.29 is 4.79 Å². The summed E-state index contributed by atoms with van der Waals surface area (Å²) in [5.41, 5.74) is 7.09. The molecule has 112 valence electrons. The van der Waals surface area contributed by atoms with Crippen LogP contribution < -0.4 is 16.4 Å². The van der Waals surface area contributed by atoms with Crippen molar-refractivity contribution in [1.82, 2.24) is 10.6 Å². The van der Waals surface area contributed by atoms with Gasteiger partial charge in [-0.25, -0.2) is 4.79 Å². The lowest BCUT2D eigenvalue weighted by molar-refractivity contribution is 0.231. The summed E-state index contributed by atoms with van der Waals surface area (Å²) in [6.07, 6.45) is 4.87. The van der Waals surface area contributed by atoms with E-state index in [1.54, 1.807) is 0 Å². The molecule has 20 heavy (non-hydrogen) atoms. The van der Waals surface area contributed by atoms with Crippen LogP contribution in [-0.2, 0) is 6.42 Å². The van der Waals surface area contributed by atoms with Crippen LogP contribution in [0.25, 0.3) is 0 Å². The molecule has 4 N–H and O–H groups in total. The Labute approximate surface area is 126 Å². The van der Waals surface area contributed by atoms with Gasteiger partial charge in [-0.3, -0.25) is 0 Å². The predicted molar refractivity (Wildman–Crippen MR) is 84.2 cm³/mol. The molecule has 0 bridgehead atoms. The smallest absolute Gasteiger partial charge is 0.315 e. The summed E-state index contributed by atoms with van der Waals surface area (Å²) in [6.45, 7) is 0.669. The van der Waals surface area contributed by atoms with Crippen LogP contribution in [0.5, 0.6) is 0 Å². The molecule has 0 unspecified atom stereocenters. The molecular formula is C15H24ClN3O. The van der Waals surface area contributed by atoms with E-state index in [1.807, 2.05) is 18.2 Å². The van der Waals surface area contributed by atoms with E-state index in [0.717, 1.165) is 32.1 Å². The number of carbonyl (C=O) groups is 1. The number of hydrogen-bond acceptors (Lipinski definition) is 2. The highest BCUT2D eigenvalue weighted by molar-refractivity contribution is 5.85. The van der Waals surface area contributed by atoms with Gasteiger partial charge in [0.2, 0.25) is 0 Å². The zero-order chi connectivity index (χ0) is 13.5. The number of carbonyl (C=O) groups excluding carboxylic acids is 1. The first-order valence-electron chi connectivity index (χ1n) is 7.08. The number of amides is 2. The van der Waals surface area contributed by atoms with Gasteiger partial charge in [0.1, 0.15) is 0 Å². The topological polar surface area (TPSA) is 67.1 Å². The lowest BCUT2D eigenvalue weighted by atomic mass is 9.92. The van der Waals surface area contributed by atoms with Crippen LogP contribution in [0.15, 0.2) is 30.3 Å². The highest BCUT2D eigenvalue weighted by atomic mass is 35.5. The van der Waals surface area contributed by atoms with Crippen LogP contribution >= 0.6 is 12.4 Å². The monoisotopic (exact) mass is 297 g/mol. The molecule has 0 aromatic heterocycles. The molecule has 5 heteroatoms. The number of halogens is 1. The minimum absolute atomic E-state index is 0. The van der Waals surface area contributed by atoms with Crippen molar-refractivity contribution in [2.24, 2.45) is 5.73 Å². The van der Waals surface area contributed by atoms with Crippen LogP contribution in [-0.4, -0.2) is 24.7 Å². The van der Waals surface area contributed by atoms with Gasteiger partial charge in [-0.05, 0) is 37.7 Å². The van der Waals surface area contributed by atoms with Gasteiger partial charge < -0.3 is 16.4 Å². The molecule has 1 saturated carbocycles. The molecule has 1 aromatic carbocycles. The van der Waals surface area contributed by atoms with Crippen molar-refractivity contribution in [2.75, 3.05) is 6.54 Å².